The van der Waals surface area contributed by atoms with Crippen molar-refractivity contribution in [3.63, 3.8) is 0 Å². The van der Waals surface area contributed by atoms with Gasteiger partial charge in [0.2, 0.25) is 5.91 Å². The summed E-state index contributed by atoms with van der Waals surface area (Å²) in [5.41, 5.74) is 8.38. The fourth-order valence-corrected chi connectivity index (χ4v) is 3.30. The number of benzene rings is 1. The molecule has 0 spiro atoms. The number of carbonyl (C=O) groups is 1. The fraction of sp³-hybridized carbons (Fsp3) is 0.368. The maximum Gasteiger partial charge on any atom is 0.231 e. The third-order valence-corrected chi connectivity index (χ3v) is 4.43. The van der Waals surface area contributed by atoms with Crippen LogP contribution in [0, 0.1) is 5.82 Å². The maximum atomic E-state index is 13.0. The van der Waals surface area contributed by atoms with Crippen LogP contribution in [0.2, 0.25) is 0 Å². The van der Waals surface area contributed by atoms with Crippen LogP contribution in [0.25, 0.3) is 0 Å². The third kappa shape index (κ3) is 4.38. The smallest absolute Gasteiger partial charge is 0.231 e. The number of halogens is 1. The van der Waals surface area contributed by atoms with Crippen molar-refractivity contribution in [1.29, 1.82) is 0 Å². The molecule has 1 aliphatic rings. The second-order valence-electron chi connectivity index (χ2n) is 6.40. The van der Waals surface area contributed by atoms with E-state index in [4.69, 9.17) is 10.7 Å². The Morgan fingerprint density at radius 3 is 2.79 bits per heavy atom. The van der Waals surface area contributed by atoms with Crippen molar-refractivity contribution in [3.8, 4) is 0 Å². The molecule has 126 valence electrons. The number of aromatic nitrogens is 1. The second kappa shape index (κ2) is 7.53. The molecule has 1 aromatic carbocycles. The zero-order valence-corrected chi connectivity index (χ0v) is 13.6. The minimum atomic E-state index is -0.284. The molecule has 5 heteroatoms. The van der Waals surface area contributed by atoms with E-state index in [0.717, 1.165) is 42.9 Å². The fourth-order valence-electron chi connectivity index (χ4n) is 3.30. The van der Waals surface area contributed by atoms with Crippen molar-refractivity contribution < 1.29 is 9.18 Å². The molecule has 1 amide bonds. The molecular weight excluding hydrogens is 305 g/mol. The number of nitrogens with two attached hydrogens (primary N) is 1. The van der Waals surface area contributed by atoms with Gasteiger partial charge in [0.05, 0.1) is 6.54 Å². The summed E-state index contributed by atoms with van der Waals surface area (Å²) in [6, 6.07) is 12.6. The topological polar surface area (TPSA) is 59.2 Å². The molecule has 1 atom stereocenters. The molecule has 0 radical (unpaired) electrons. The standard InChI is InChI=1S/C19H22FN3O/c20-16-8-6-14(7-9-16)11-17-4-1-5-18(22-17)15-3-2-10-23(12-15)13-19(21)24/h1,4-9,15H,2-3,10-13H2,(H2,21,24). The van der Waals surface area contributed by atoms with Crippen molar-refractivity contribution in [2.24, 2.45) is 5.73 Å². The van der Waals surface area contributed by atoms with E-state index in [1.165, 1.54) is 12.1 Å². The Morgan fingerprint density at radius 2 is 2.04 bits per heavy atom. The van der Waals surface area contributed by atoms with Gasteiger partial charge in [-0.25, -0.2) is 4.39 Å². The van der Waals surface area contributed by atoms with Crippen LogP contribution in [-0.4, -0.2) is 35.4 Å². The van der Waals surface area contributed by atoms with Gasteiger partial charge in [-0.3, -0.25) is 14.7 Å². The highest BCUT2D eigenvalue weighted by atomic mass is 19.1. The highest BCUT2D eigenvalue weighted by molar-refractivity contribution is 5.75. The molecule has 2 aromatic rings. The van der Waals surface area contributed by atoms with E-state index < -0.39 is 0 Å². The lowest BCUT2D eigenvalue weighted by Crippen LogP contribution is -2.40. The Kier molecular flexibility index (Phi) is 5.20. The van der Waals surface area contributed by atoms with Crippen molar-refractivity contribution in [2.75, 3.05) is 19.6 Å². The average Bonchev–Trinajstić information content (AvgIpc) is 2.57. The van der Waals surface area contributed by atoms with Gasteiger partial charge < -0.3 is 5.73 Å². The van der Waals surface area contributed by atoms with Gasteiger partial charge in [0.1, 0.15) is 5.82 Å². The zero-order chi connectivity index (χ0) is 16.9. The lowest BCUT2D eigenvalue weighted by Gasteiger charge is -2.31. The number of nitrogens with zero attached hydrogens (tertiary/aromatic N) is 2. The van der Waals surface area contributed by atoms with Crippen LogP contribution in [-0.2, 0) is 11.2 Å². The van der Waals surface area contributed by atoms with Crippen LogP contribution in [0.15, 0.2) is 42.5 Å². The summed E-state index contributed by atoms with van der Waals surface area (Å²) in [7, 11) is 0. The van der Waals surface area contributed by atoms with E-state index in [2.05, 4.69) is 4.90 Å². The Balaban J connectivity index is 1.70. The molecular formula is C19H22FN3O. The number of carbonyl (C=O) groups excluding carboxylic acids is 1. The lowest BCUT2D eigenvalue weighted by atomic mass is 9.94. The number of primary amides is 1. The number of likely N-dealkylation sites (tertiary alicyclic amines) is 1. The van der Waals surface area contributed by atoms with Gasteiger partial charge in [-0.15, -0.1) is 0 Å². The Hall–Kier alpha value is -2.27. The minimum Gasteiger partial charge on any atom is -0.369 e. The molecule has 1 unspecified atom stereocenters. The maximum absolute atomic E-state index is 13.0. The Labute approximate surface area is 141 Å². The van der Waals surface area contributed by atoms with Gasteiger partial charge in [-0.1, -0.05) is 18.2 Å². The molecule has 1 aliphatic heterocycles. The third-order valence-electron chi connectivity index (χ3n) is 4.43. The predicted octanol–water partition coefficient (Wildman–Crippen LogP) is 2.48. The average molecular weight is 327 g/mol. The van der Waals surface area contributed by atoms with Crippen LogP contribution in [0.1, 0.15) is 35.7 Å². The van der Waals surface area contributed by atoms with Crippen molar-refractivity contribution in [2.45, 2.75) is 25.2 Å². The van der Waals surface area contributed by atoms with Gasteiger partial charge in [0, 0.05) is 30.3 Å². The van der Waals surface area contributed by atoms with Gasteiger partial charge in [-0.05, 0) is 49.2 Å². The van der Waals surface area contributed by atoms with E-state index in [0.29, 0.717) is 18.9 Å². The monoisotopic (exact) mass is 327 g/mol. The SMILES string of the molecule is NC(=O)CN1CCCC(c2cccc(Cc3ccc(F)cc3)n2)C1. The summed E-state index contributed by atoms with van der Waals surface area (Å²) in [5.74, 6) is -0.183. The molecule has 0 saturated carbocycles. The first-order valence-electron chi connectivity index (χ1n) is 8.31. The summed E-state index contributed by atoms with van der Waals surface area (Å²) in [5, 5.41) is 0. The molecule has 0 bridgehead atoms. The number of hydrogen-bond acceptors (Lipinski definition) is 3. The van der Waals surface area contributed by atoms with E-state index in [1.54, 1.807) is 12.1 Å². The molecule has 1 saturated heterocycles. The van der Waals surface area contributed by atoms with E-state index in [-0.39, 0.29) is 11.7 Å². The van der Waals surface area contributed by atoms with E-state index in [9.17, 15) is 9.18 Å². The molecule has 1 aromatic heterocycles. The van der Waals surface area contributed by atoms with Gasteiger partial charge in [-0.2, -0.15) is 0 Å². The second-order valence-corrected chi connectivity index (χ2v) is 6.40. The number of piperidine rings is 1. The summed E-state index contributed by atoms with van der Waals surface area (Å²) < 4.78 is 13.0. The largest absolute Gasteiger partial charge is 0.369 e. The zero-order valence-electron chi connectivity index (χ0n) is 13.6. The first-order chi connectivity index (χ1) is 11.6. The van der Waals surface area contributed by atoms with E-state index >= 15 is 0 Å². The number of rotatable bonds is 5. The molecule has 2 heterocycles. The molecule has 2 N–H and O–H groups in total. The molecule has 1 fully saturated rings. The first kappa shape index (κ1) is 16.6. The normalized spacial score (nSPS) is 18.5. The van der Waals surface area contributed by atoms with Gasteiger partial charge in [0.15, 0.2) is 0 Å². The quantitative estimate of drug-likeness (QED) is 0.918. The summed E-state index contributed by atoms with van der Waals surface area (Å²) in [6.07, 6.45) is 2.80. The lowest BCUT2D eigenvalue weighted by molar-refractivity contribution is -0.119. The van der Waals surface area contributed by atoms with Crippen molar-refractivity contribution in [3.05, 3.63) is 65.2 Å². The minimum absolute atomic E-state index is 0.225. The predicted molar refractivity (Wildman–Crippen MR) is 91.1 cm³/mol. The molecule has 24 heavy (non-hydrogen) atoms. The Bertz CT molecular complexity index is 702. The van der Waals surface area contributed by atoms with Crippen LogP contribution >= 0.6 is 0 Å². The molecule has 0 aliphatic carbocycles. The first-order valence-corrected chi connectivity index (χ1v) is 8.31. The number of amides is 1. The number of hydrogen-bond donors (Lipinski definition) is 1. The van der Waals surface area contributed by atoms with E-state index in [1.807, 2.05) is 18.2 Å². The van der Waals surface area contributed by atoms with Gasteiger partial charge in [0.25, 0.3) is 0 Å². The van der Waals surface area contributed by atoms with Crippen molar-refractivity contribution in [1.82, 2.24) is 9.88 Å². The van der Waals surface area contributed by atoms with Crippen LogP contribution < -0.4 is 5.73 Å². The Morgan fingerprint density at radius 1 is 1.25 bits per heavy atom. The summed E-state index contributed by atoms with van der Waals surface area (Å²) in [6.45, 7) is 2.04. The summed E-state index contributed by atoms with van der Waals surface area (Å²) >= 11 is 0. The highest BCUT2D eigenvalue weighted by Crippen LogP contribution is 2.25. The molecule has 3 rings (SSSR count). The van der Waals surface area contributed by atoms with Crippen LogP contribution in [0.5, 0.6) is 0 Å². The molecule has 4 nitrogen and oxygen atoms in total. The van der Waals surface area contributed by atoms with Crippen LogP contribution in [0.3, 0.4) is 0 Å². The summed E-state index contributed by atoms with van der Waals surface area (Å²) in [4.78, 5) is 18.0. The number of pyridine rings is 1. The highest BCUT2D eigenvalue weighted by Gasteiger charge is 2.23. The van der Waals surface area contributed by atoms with Gasteiger partial charge >= 0.3 is 0 Å². The van der Waals surface area contributed by atoms with Crippen molar-refractivity contribution >= 4 is 5.91 Å². The van der Waals surface area contributed by atoms with Crippen LogP contribution in [0.4, 0.5) is 4.39 Å².